The molecule has 0 fully saturated rings. The summed E-state index contributed by atoms with van der Waals surface area (Å²) < 4.78 is 15.8. The first-order valence-electron chi connectivity index (χ1n) is 21.0. The molecule has 5 aromatic carbocycles. The maximum Gasteiger partial charge on any atom is 0.431 e. The highest BCUT2D eigenvalue weighted by molar-refractivity contribution is 5.88. The van der Waals surface area contributed by atoms with Gasteiger partial charge in [0.2, 0.25) is 0 Å². The number of carbonyl (C=O) groups is 5. The largest absolute Gasteiger partial charge is 0.478 e. The first-order valence-corrected chi connectivity index (χ1v) is 21.0. The topological polar surface area (TPSA) is 220 Å². The summed E-state index contributed by atoms with van der Waals surface area (Å²) in [6.07, 6.45) is 2.85. The van der Waals surface area contributed by atoms with Crippen LogP contribution in [0.2, 0.25) is 0 Å². The Hall–Kier alpha value is -8.15. The van der Waals surface area contributed by atoms with Gasteiger partial charge in [-0.25, -0.2) is 24.7 Å². The molecule has 0 aliphatic heterocycles. The van der Waals surface area contributed by atoms with E-state index in [0.717, 1.165) is 29.4 Å². The van der Waals surface area contributed by atoms with Crippen molar-refractivity contribution < 1.29 is 58.1 Å². The van der Waals surface area contributed by atoms with E-state index in [4.69, 9.17) is 30.8 Å². The summed E-state index contributed by atoms with van der Waals surface area (Å²) in [4.78, 5) is 67.7. The standard InChI is InChI=1S/C24H29N3O6.C16H15NO3.C11H6O2.CH4O/c1-24(2,3)33-22(29)25-13-20(21(28)27-31-4)26-23(30)32-14-19-17-11-7-5-9-15(17)16-10-6-8-12-18(16)19;1-19-17-16(18)20-10-15-13-8-4-2-6-11(13)12-7-3-5-9-14(12)15;1-2-3-4-9-5-7-10(8-6-9)11(12)13;1-2/h5-12,19-20H,13-14H2,1-4H3,(H,25,29)(H,26,30)(H,27,28);2-9,15H,10H2,1H3,(H,17,18);1,5-8H,(H,12,13);2H,1H3/t20-;;;/m1.../s1. The van der Waals surface area contributed by atoms with Crippen LogP contribution in [0, 0.1) is 24.2 Å². The molecular formula is C52H54N4O12. The van der Waals surface area contributed by atoms with Crippen molar-refractivity contribution in [1.82, 2.24) is 21.6 Å². The van der Waals surface area contributed by atoms with E-state index < -0.39 is 41.8 Å². The number of aromatic carboxylic acids is 1. The van der Waals surface area contributed by atoms with Crippen LogP contribution in [0.4, 0.5) is 14.4 Å². The van der Waals surface area contributed by atoms with Crippen LogP contribution in [0.3, 0.4) is 0 Å². The summed E-state index contributed by atoms with van der Waals surface area (Å²) in [5.74, 6) is 5.66. The fourth-order valence-electron chi connectivity index (χ4n) is 7.18. The Bertz CT molecular complexity index is 2530. The summed E-state index contributed by atoms with van der Waals surface area (Å²) in [5, 5.41) is 20.5. The maximum atomic E-state index is 12.5. The number of aliphatic hydroxyl groups is 1. The van der Waals surface area contributed by atoms with Gasteiger partial charge in [-0.2, -0.15) is 5.48 Å². The molecule has 7 rings (SSSR count). The minimum Gasteiger partial charge on any atom is -0.478 e. The van der Waals surface area contributed by atoms with Crippen LogP contribution < -0.4 is 21.6 Å². The SMILES string of the molecule is C#CC#Cc1ccc(C(=O)O)cc1.CO.CONC(=O)OCC1c2ccccc2-c2ccccc21.CONC(=O)[C@@H](CNC(=O)OC(C)(C)C)NC(=O)OCC1c2ccccc2-c2ccccc21. The van der Waals surface area contributed by atoms with Gasteiger partial charge in [-0.15, -0.1) is 6.42 Å². The highest BCUT2D eigenvalue weighted by atomic mass is 16.7. The number of hydroxylamine groups is 2. The van der Waals surface area contributed by atoms with E-state index in [0.29, 0.717) is 12.2 Å². The summed E-state index contributed by atoms with van der Waals surface area (Å²) in [5.41, 5.74) is 13.7. The minimum absolute atomic E-state index is 0.0741. The summed E-state index contributed by atoms with van der Waals surface area (Å²) in [6.45, 7) is 5.33. The molecule has 2 aliphatic rings. The van der Waals surface area contributed by atoms with Crippen LogP contribution >= 0.6 is 0 Å². The van der Waals surface area contributed by atoms with Gasteiger partial charge in [0.05, 0.1) is 26.3 Å². The molecule has 5 aromatic rings. The number of benzene rings is 5. The summed E-state index contributed by atoms with van der Waals surface area (Å²) >= 11 is 0. The number of hydrogen-bond acceptors (Lipinski definition) is 11. The highest BCUT2D eigenvalue weighted by Crippen LogP contribution is 2.45. The second-order valence-electron chi connectivity index (χ2n) is 15.5. The molecule has 2 aliphatic carbocycles. The molecule has 4 amide bonds. The number of hydrogen-bond donors (Lipinski definition) is 6. The zero-order chi connectivity index (χ0) is 49.6. The van der Waals surface area contributed by atoms with E-state index in [1.165, 1.54) is 48.6 Å². The summed E-state index contributed by atoms with van der Waals surface area (Å²) in [7, 11) is 3.64. The third-order valence-corrected chi connectivity index (χ3v) is 9.94. The van der Waals surface area contributed by atoms with Crippen molar-refractivity contribution in [3.63, 3.8) is 0 Å². The third-order valence-electron chi connectivity index (χ3n) is 9.94. The lowest BCUT2D eigenvalue weighted by Crippen LogP contribution is -2.53. The van der Waals surface area contributed by atoms with Gasteiger partial charge in [0.1, 0.15) is 24.9 Å². The predicted octanol–water partition coefficient (Wildman–Crippen LogP) is 7.16. The van der Waals surface area contributed by atoms with Crippen molar-refractivity contribution in [3.8, 4) is 46.4 Å². The lowest BCUT2D eigenvalue weighted by molar-refractivity contribution is -0.133. The maximum absolute atomic E-state index is 12.5. The number of fused-ring (bicyclic) bond motifs is 6. The minimum atomic E-state index is -1.13. The fraction of sp³-hybridized carbons (Fsp3) is 0.250. The number of aliphatic hydroxyl groups excluding tert-OH is 1. The predicted molar refractivity (Wildman–Crippen MR) is 254 cm³/mol. The van der Waals surface area contributed by atoms with Crippen LogP contribution in [0.25, 0.3) is 22.3 Å². The quantitative estimate of drug-likeness (QED) is 0.0442. The monoisotopic (exact) mass is 926 g/mol. The van der Waals surface area contributed by atoms with Crippen LogP contribution in [0.1, 0.15) is 70.8 Å². The smallest absolute Gasteiger partial charge is 0.431 e. The number of rotatable bonds is 11. The fourth-order valence-corrected chi connectivity index (χ4v) is 7.18. The molecule has 1 atom stereocenters. The van der Waals surface area contributed by atoms with E-state index in [1.807, 2.05) is 72.8 Å². The van der Waals surface area contributed by atoms with Gasteiger partial charge in [0, 0.05) is 24.5 Å². The molecule has 0 aromatic heterocycles. The van der Waals surface area contributed by atoms with Gasteiger partial charge in [0.25, 0.3) is 5.91 Å². The number of carboxylic acid groups (broad SMARTS) is 1. The Balaban J connectivity index is 0.000000243. The molecule has 354 valence electrons. The molecule has 0 spiro atoms. The van der Waals surface area contributed by atoms with Gasteiger partial charge < -0.3 is 35.1 Å². The number of terminal acetylenes is 1. The zero-order valence-corrected chi connectivity index (χ0v) is 38.5. The van der Waals surface area contributed by atoms with Crippen LogP contribution in [0.5, 0.6) is 0 Å². The third kappa shape index (κ3) is 14.9. The molecule has 6 N–H and O–H groups in total. The van der Waals surface area contributed by atoms with Crippen molar-refractivity contribution >= 4 is 30.2 Å². The molecular weight excluding hydrogens is 873 g/mol. The van der Waals surface area contributed by atoms with E-state index in [-0.39, 0.29) is 30.6 Å². The second-order valence-corrected chi connectivity index (χ2v) is 15.5. The highest BCUT2D eigenvalue weighted by Gasteiger charge is 2.31. The van der Waals surface area contributed by atoms with Crippen LogP contribution in [-0.2, 0) is 28.7 Å². The first-order chi connectivity index (χ1) is 32.7. The molecule has 16 heteroatoms. The lowest BCUT2D eigenvalue weighted by Gasteiger charge is -2.22. The molecule has 16 nitrogen and oxygen atoms in total. The number of carboxylic acids is 1. The van der Waals surface area contributed by atoms with Crippen molar-refractivity contribution in [1.29, 1.82) is 0 Å². The first kappa shape index (κ1) is 52.5. The molecule has 0 radical (unpaired) electrons. The molecule has 68 heavy (non-hydrogen) atoms. The number of nitrogens with one attached hydrogen (secondary N) is 4. The van der Waals surface area contributed by atoms with E-state index in [9.17, 15) is 24.0 Å². The molecule has 0 saturated carbocycles. The second kappa shape index (κ2) is 26.1. The van der Waals surface area contributed by atoms with Crippen molar-refractivity contribution in [2.75, 3.05) is 41.1 Å². The van der Waals surface area contributed by atoms with Crippen molar-refractivity contribution in [2.24, 2.45) is 0 Å². The summed E-state index contributed by atoms with van der Waals surface area (Å²) in [6, 6.07) is 37.5. The van der Waals surface area contributed by atoms with Gasteiger partial charge in [-0.05, 0) is 101 Å². The van der Waals surface area contributed by atoms with Gasteiger partial charge in [-0.1, -0.05) is 103 Å². The Labute approximate surface area is 395 Å². The van der Waals surface area contributed by atoms with Crippen LogP contribution in [0.15, 0.2) is 121 Å². The van der Waals surface area contributed by atoms with Crippen LogP contribution in [-0.4, -0.2) is 93.1 Å². The normalized spacial score (nSPS) is 11.8. The van der Waals surface area contributed by atoms with Gasteiger partial charge >= 0.3 is 24.2 Å². The number of amides is 4. The molecule has 0 unspecified atom stereocenters. The number of carbonyl (C=O) groups excluding carboxylic acids is 4. The molecule has 0 heterocycles. The van der Waals surface area contributed by atoms with E-state index in [1.54, 1.807) is 32.9 Å². The van der Waals surface area contributed by atoms with Gasteiger partial charge in [0.15, 0.2) is 0 Å². The molecule has 0 bridgehead atoms. The van der Waals surface area contributed by atoms with E-state index >= 15 is 0 Å². The Kier molecular flexibility index (Phi) is 20.1. The van der Waals surface area contributed by atoms with Crippen molar-refractivity contribution in [2.45, 2.75) is 44.2 Å². The van der Waals surface area contributed by atoms with Gasteiger partial charge in [-0.3, -0.25) is 14.5 Å². The average Bonchev–Trinajstić information content (AvgIpc) is 3.83. The zero-order valence-electron chi connectivity index (χ0n) is 38.5. The Morgan fingerprint density at radius 3 is 1.46 bits per heavy atom. The lowest BCUT2D eigenvalue weighted by atomic mass is 9.98. The number of alkyl carbamates (subject to hydrolysis) is 2. The Morgan fingerprint density at radius 1 is 0.632 bits per heavy atom. The molecule has 0 saturated heterocycles. The average molecular weight is 927 g/mol. The number of ether oxygens (including phenoxy) is 3. The van der Waals surface area contributed by atoms with E-state index in [2.05, 4.69) is 73.3 Å². The Morgan fingerprint density at radius 2 is 1.06 bits per heavy atom. The van der Waals surface area contributed by atoms with Crippen molar-refractivity contribution in [3.05, 3.63) is 155 Å².